The molecule has 2 amide bonds. The van der Waals surface area contributed by atoms with Crippen LogP contribution in [-0.2, 0) is 9.59 Å². The maximum atomic E-state index is 12.8. The van der Waals surface area contributed by atoms with E-state index in [1.54, 1.807) is 0 Å². The average Bonchev–Trinajstić information content (AvgIpc) is 2.97. The molecule has 6 heteroatoms. The Balaban J connectivity index is 0.00000208. The van der Waals surface area contributed by atoms with Gasteiger partial charge in [-0.2, -0.15) is 0 Å². The van der Waals surface area contributed by atoms with Gasteiger partial charge in [-0.3, -0.25) is 9.59 Å². The molecule has 3 rings (SSSR count). The zero-order valence-electron chi connectivity index (χ0n) is 15.0. The quantitative estimate of drug-likeness (QED) is 0.841. The highest BCUT2D eigenvalue weighted by Gasteiger charge is 2.40. The highest BCUT2D eigenvalue weighted by atomic mass is 35.5. The molecule has 0 aromatic carbocycles. The Morgan fingerprint density at radius 1 is 1.12 bits per heavy atom. The molecule has 3 aliphatic rings. The van der Waals surface area contributed by atoms with E-state index in [4.69, 9.17) is 0 Å². The van der Waals surface area contributed by atoms with Crippen LogP contribution in [0.15, 0.2) is 0 Å². The molecule has 1 aliphatic carbocycles. The average molecular weight is 358 g/mol. The Kier molecular flexibility index (Phi) is 6.93. The number of halogens is 1. The highest BCUT2D eigenvalue weighted by molar-refractivity contribution is 5.89. The van der Waals surface area contributed by atoms with Crippen LogP contribution in [0, 0.1) is 11.8 Å². The van der Waals surface area contributed by atoms with E-state index in [0.717, 1.165) is 44.7 Å². The van der Waals surface area contributed by atoms with Gasteiger partial charge in [-0.05, 0) is 51.5 Å². The minimum Gasteiger partial charge on any atom is -0.341 e. The first kappa shape index (κ1) is 19.5. The summed E-state index contributed by atoms with van der Waals surface area (Å²) in [7, 11) is 1.96. The van der Waals surface area contributed by atoms with Gasteiger partial charge in [0.2, 0.25) is 11.8 Å². The summed E-state index contributed by atoms with van der Waals surface area (Å²) in [4.78, 5) is 29.2. The van der Waals surface area contributed by atoms with Gasteiger partial charge in [0.1, 0.15) is 0 Å². The van der Waals surface area contributed by atoms with Crippen molar-refractivity contribution in [2.24, 2.45) is 11.8 Å². The first-order chi connectivity index (χ1) is 11.1. The Labute approximate surface area is 151 Å². The Hall–Kier alpha value is -0.810. The lowest BCUT2D eigenvalue weighted by atomic mass is 9.86. The predicted molar refractivity (Wildman–Crippen MR) is 97.1 cm³/mol. The maximum Gasteiger partial charge on any atom is 0.228 e. The zero-order chi connectivity index (χ0) is 16.4. The molecule has 138 valence electrons. The van der Waals surface area contributed by atoms with Crippen LogP contribution in [0.4, 0.5) is 0 Å². The number of carbonyl (C=O) groups is 2. The summed E-state index contributed by atoms with van der Waals surface area (Å²) in [5.74, 6) is 1.07. The molecule has 24 heavy (non-hydrogen) atoms. The lowest BCUT2D eigenvalue weighted by Crippen LogP contribution is -2.49. The van der Waals surface area contributed by atoms with Crippen molar-refractivity contribution in [3.8, 4) is 0 Å². The van der Waals surface area contributed by atoms with Crippen molar-refractivity contribution in [3.63, 3.8) is 0 Å². The van der Waals surface area contributed by atoms with Gasteiger partial charge in [0, 0.05) is 38.1 Å². The van der Waals surface area contributed by atoms with Gasteiger partial charge in [-0.15, -0.1) is 12.4 Å². The van der Waals surface area contributed by atoms with E-state index >= 15 is 0 Å². The molecule has 2 atom stereocenters. The number of piperidine rings is 1. The van der Waals surface area contributed by atoms with Crippen LogP contribution in [0.1, 0.15) is 51.9 Å². The number of nitrogens with one attached hydrogen (secondary N) is 1. The number of amides is 2. The lowest BCUT2D eigenvalue weighted by molar-refractivity contribution is -0.137. The molecule has 2 aliphatic heterocycles. The number of nitrogens with zero attached hydrogens (tertiary/aromatic N) is 2. The fraction of sp³-hybridized carbons (Fsp3) is 0.889. The van der Waals surface area contributed by atoms with E-state index in [1.165, 1.54) is 12.8 Å². The molecule has 0 radical (unpaired) electrons. The third-order valence-corrected chi connectivity index (χ3v) is 6.08. The van der Waals surface area contributed by atoms with Crippen molar-refractivity contribution >= 4 is 24.2 Å². The van der Waals surface area contributed by atoms with Crippen LogP contribution in [0.3, 0.4) is 0 Å². The summed E-state index contributed by atoms with van der Waals surface area (Å²) in [5.41, 5.74) is 0. The minimum atomic E-state index is -0.113. The molecule has 0 bridgehead atoms. The van der Waals surface area contributed by atoms with Crippen LogP contribution >= 0.6 is 12.4 Å². The first-order valence-corrected chi connectivity index (χ1v) is 9.34. The monoisotopic (exact) mass is 357 g/mol. The molecular formula is C18H32ClN3O2. The van der Waals surface area contributed by atoms with Gasteiger partial charge in [-0.25, -0.2) is 0 Å². The standard InChI is InChI=1S/C18H31N3O2.ClH/c1-13-5-7-16(8-6-13)21-11-14(10-17(21)22)18(23)20-9-3-4-15(12-20)19-2;/h13-16,19H,3-12H2,1-2H3;1H. The number of likely N-dealkylation sites (tertiary alicyclic amines) is 2. The second kappa shape index (κ2) is 8.52. The number of likely N-dealkylation sites (N-methyl/N-ethyl adjacent to an activating group) is 1. The van der Waals surface area contributed by atoms with Crippen molar-refractivity contribution in [1.29, 1.82) is 0 Å². The summed E-state index contributed by atoms with van der Waals surface area (Å²) in [6.07, 6.45) is 7.26. The van der Waals surface area contributed by atoms with E-state index in [0.29, 0.717) is 25.0 Å². The lowest BCUT2D eigenvalue weighted by Gasteiger charge is -2.35. The van der Waals surface area contributed by atoms with Gasteiger partial charge in [0.05, 0.1) is 5.92 Å². The van der Waals surface area contributed by atoms with Crippen LogP contribution in [-0.4, -0.2) is 60.4 Å². The van der Waals surface area contributed by atoms with E-state index in [9.17, 15) is 9.59 Å². The van der Waals surface area contributed by atoms with Crippen molar-refractivity contribution in [1.82, 2.24) is 15.1 Å². The number of carbonyl (C=O) groups excluding carboxylic acids is 2. The van der Waals surface area contributed by atoms with E-state index < -0.39 is 0 Å². The molecular weight excluding hydrogens is 326 g/mol. The molecule has 1 saturated carbocycles. The fourth-order valence-corrected chi connectivity index (χ4v) is 4.48. The van der Waals surface area contributed by atoms with Gasteiger partial charge < -0.3 is 15.1 Å². The molecule has 3 fully saturated rings. The molecule has 0 aromatic rings. The SMILES string of the molecule is CNC1CCCN(C(=O)C2CC(=O)N(C3CCC(C)CC3)C2)C1.Cl. The summed E-state index contributed by atoms with van der Waals surface area (Å²) in [6.45, 7) is 4.59. The Morgan fingerprint density at radius 3 is 2.50 bits per heavy atom. The fourth-order valence-electron chi connectivity index (χ4n) is 4.48. The molecule has 1 N–H and O–H groups in total. The largest absolute Gasteiger partial charge is 0.341 e. The van der Waals surface area contributed by atoms with Crippen molar-refractivity contribution in [2.75, 3.05) is 26.7 Å². The maximum absolute atomic E-state index is 12.8. The van der Waals surface area contributed by atoms with E-state index in [-0.39, 0.29) is 30.1 Å². The number of rotatable bonds is 3. The Morgan fingerprint density at radius 2 is 1.83 bits per heavy atom. The van der Waals surface area contributed by atoms with Gasteiger partial charge in [0.25, 0.3) is 0 Å². The van der Waals surface area contributed by atoms with Crippen LogP contribution in [0.25, 0.3) is 0 Å². The van der Waals surface area contributed by atoms with Gasteiger partial charge >= 0.3 is 0 Å². The van der Waals surface area contributed by atoms with E-state index in [2.05, 4.69) is 12.2 Å². The topological polar surface area (TPSA) is 52.7 Å². The molecule has 5 nitrogen and oxygen atoms in total. The van der Waals surface area contributed by atoms with Crippen LogP contribution in [0.5, 0.6) is 0 Å². The minimum absolute atomic E-state index is 0. The summed E-state index contributed by atoms with van der Waals surface area (Å²) < 4.78 is 0. The Bertz CT molecular complexity index is 452. The smallest absolute Gasteiger partial charge is 0.228 e. The molecule has 2 unspecified atom stereocenters. The highest BCUT2D eigenvalue weighted by Crippen LogP contribution is 2.32. The van der Waals surface area contributed by atoms with E-state index in [1.807, 2.05) is 16.8 Å². The predicted octanol–water partition coefficient (Wildman–Crippen LogP) is 2.05. The molecule has 2 saturated heterocycles. The molecule has 2 heterocycles. The van der Waals surface area contributed by atoms with Crippen molar-refractivity contribution in [2.45, 2.75) is 64.0 Å². The normalized spacial score (nSPS) is 34.2. The second-order valence-electron chi connectivity index (χ2n) is 7.77. The van der Waals surface area contributed by atoms with Crippen molar-refractivity contribution in [3.05, 3.63) is 0 Å². The first-order valence-electron chi connectivity index (χ1n) is 9.34. The third-order valence-electron chi connectivity index (χ3n) is 6.08. The zero-order valence-corrected chi connectivity index (χ0v) is 15.8. The van der Waals surface area contributed by atoms with Crippen LogP contribution in [0.2, 0.25) is 0 Å². The van der Waals surface area contributed by atoms with Crippen LogP contribution < -0.4 is 5.32 Å². The van der Waals surface area contributed by atoms with Gasteiger partial charge in [0.15, 0.2) is 0 Å². The van der Waals surface area contributed by atoms with Crippen molar-refractivity contribution < 1.29 is 9.59 Å². The number of hydrogen-bond acceptors (Lipinski definition) is 3. The molecule has 0 spiro atoms. The summed E-state index contributed by atoms with van der Waals surface area (Å²) >= 11 is 0. The summed E-state index contributed by atoms with van der Waals surface area (Å²) in [5, 5.41) is 3.28. The summed E-state index contributed by atoms with van der Waals surface area (Å²) in [6, 6.07) is 0.781. The molecule has 0 aromatic heterocycles. The third kappa shape index (κ3) is 4.23. The number of hydrogen-bond donors (Lipinski definition) is 1. The van der Waals surface area contributed by atoms with Gasteiger partial charge in [-0.1, -0.05) is 6.92 Å². The second-order valence-corrected chi connectivity index (χ2v) is 7.77.